The lowest BCUT2D eigenvalue weighted by Gasteiger charge is -2.34. The second-order valence-corrected chi connectivity index (χ2v) is 3.88. The molecule has 1 fully saturated rings. The second-order valence-electron chi connectivity index (χ2n) is 3.88. The van der Waals surface area contributed by atoms with Crippen molar-refractivity contribution in [1.82, 2.24) is 0 Å². The third kappa shape index (κ3) is 2.22. The fourth-order valence-corrected chi connectivity index (χ4v) is 2.11. The summed E-state index contributed by atoms with van der Waals surface area (Å²) < 4.78 is 0. The summed E-state index contributed by atoms with van der Waals surface area (Å²) in [6.45, 7) is 0.272. The van der Waals surface area contributed by atoms with Crippen LogP contribution in [0, 0.1) is 16.7 Å². The molecule has 1 aliphatic rings. The first-order valence-corrected chi connectivity index (χ1v) is 4.81. The average Bonchev–Trinajstić information content (AvgIpc) is 2.16. The number of nitriles is 1. The monoisotopic (exact) mass is 167 g/mol. The van der Waals surface area contributed by atoms with Gasteiger partial charge in [-0.3, -0.25) is 0 Å². The summed E-state index contributed by atoms with van der Waals surface area (Å²) >= 11 is 0. The smallest absolute Gasteiger partial charge is 0.0621 e. The lowest BCUT2D eigenvalue weighted by Crippen LogP contribution is -2.28. The molecular weight excluding hydrogens is 150 g/mol. The highest BCUT2D eigenvalue weighted by Gasteiger charge is 2.30. The van der Waals surface area contributed by atoms with E-state index < -0.39 is 0 Å². The van der Waals surface area contributed by atoms with Gasteiger partial charge in [0.1, 0.15) is 0 Å². The Hall–Kier alpha value is -0.550. The minimum atomic E-state index is 0.105. The molecule has 0 heterocycles. The zero-order chi connectivity index (χ0) is 8.86. The largest absolute Gasteiger partial charge is 0.396 e. The van der Waals surface area contributed by atoms with E-state index in [1.807, 2.05) is 0 Å². The van der Waals surface area contributed by atoms with Crippen molar-refractivity contribution in [1.29, 1.82) is 5.26 Å². The van der Waals surface area contributed by atoms with E-state index in [0.717, 1.165) is 19.3 Å². The Balaban J connectivity index is 2.43. The molecule has 0 radical (unpaired) electrons. The minimum Gasteiger partial charge on any atom is -0.396 e. The van der Waals surface area contributed by atoms with Crippen molar-refractivity contribution in [2.45, 2.75) is 44.9 Å². The lowest BCUT2D eigenvalue weighted by molar-refractivity contribution is 0.0748. The third-order valence-corrected chi connectivity index (χ3v) is 3.02. The summed E-state index contributed by atoms with van der Waals surface area (Å²) in [5.41, 5.74) is 0.105. The Kier molecular flexibility index (Phi) is 3.55. The number of aliphatic hydroxyl groups excluding tert-OH is 1. The first-order valence-electron chi connectivity index (χ1n) is 4.81. The molecule has 0 aromatic heterocycles. The van der Waals surface area contributed by atoms with Crippen molar-refractivity contribution < 1.29 is 5.11 Å². The van der Waals surface area contributed by atoms with Gasteiger partial charge >= 0.3 is 0 Å². The van der Waals surface area contributed by atoms with E-state index in [-0.39, 0.29) is 12.0 Å². The van der Waals surface area contributed by atoms with E-state index in [1.165, 1.54) is 19.3 Å². The van der Waals surface area contributed by atoms with Crippen LogP contribution in [0.2, 0.25) is 0 Å². The minimum absolute atomic E-state index is 0.105. The van der Waals surface area contributed by atoms with Crippen LogP contribution in [0.15, 0.2) is 0 Å². The Labute approximate surface area is 74.2 Å². The van der Waals surface area contributed by atoms with Gasteiger partial charge < -0.3 is 5.11 Å². The zero-order valence-electron chi connectivity index (χ0n) is 7.55. The van der Waals surface area contributed by atoms with Gasteiger partial charge in [-0.2, -0.15) is 5.26 Å². The molecule has 0 saturated heterocycles. The van der Waals surface area contributed by atoms with Crippen LogP contribution in [-0.2, 0) is 0 Å². The predicted molar refractivity (Wildman–Crippen MR) is 47.5 cm³/mol. The van der Waals surface area contributed by atoms with E-state index in [9.17, 15) is 5.11 Å². The van der Waals surface area contributed by atoms with Crippen LogP contribution in [0.3, 0.4) is 0 Å². The maximum atomic E-state index is 9.26. The molecule has 0 aliphatic heterocycles. The van der Waals surface area contributed by atoms with E-state index in [0.29, 0.717) is 6.42 Å². The van der Waals surface area contributed by atoms with Gasteiger partial charge in [0.15, 0.2) is 0 Å². The summed E-state index contributed by atoms with van der Waals surface area (Å²) in [5, 5.41) is 17.7. The molecule has 1 aliphatic carbocycles. The molecule has 0 spiro atoms. The van der Waals surface area contributed by atoms with Gasteiger partial charge in [-0.15, -0.1) is 0 Å². The summed E-state index contributed by atoms with van der Waals surface area (Å²) in [6, 6.07) is 2.16. The van der Waals surface area contributed by atoms with Crippen LogP contribution in [0.5, 0.6) is 0 Å². The molecule has 0 atom stereocenters. The first-order chi connectivity index (χ1) is 5.83. The fraction of sp³-hybridized carbons (Fsp3) is 0.900. The maximum Gasteiger partial charge on any atom is 0.0621 e. The van der Waals surface area contributed by atoms with Crippen LogP contribution in [0.25, 0.3) is 0 Å². The standard InChI is InChI=1S/C10H17NO/c11-8-4-7-10(9-12)5-2-1-3-6-10/h12H,1-7,9H2. The first kappa shape index (κ1) is 9.54. The van der Waals surface area contributed by atoms with E-state index in [4.69, 9.17) is 5.26 Å². The molecule has 0 amide bonds. The van der Waals surface area contributed by atoms with Gasteiger partial charge in [-0.05, 0) is 24.7 Å². The molecule has 0 unspecified atom stereocenters. The van der Waals surface area contributed by atoms with Crippen molar-refractivity contribution >= 4 is 0 Å². The van der Waals surface area contributed by atoms with Crippen molar-refractivity contribution in [2.75, 3.05) is 6.61 Å². The van der Waals surface area contributed by atoms with Gasteiger partial charge in [0.05, 0.1) is 6.07 Å². The molecule has 0 aromatic carbocycles. The molecular formula is C10H17NO. The van der Waals surface area contributed by atoms with Gasteiger partial charge in [0.2, 0.25) is 0 Å². The van der Waals surface area contributed by atoms with Gasteiger partial charge in [0.25, 0.3) is 0 Å². The second kappa shape index (κ2) is 4.47. The fourth-order valence-electron chi connectivity index (χ4n) is 2.11. The Morgan fingerprint density at radius 2 is 1.92 bits per heavy atom. The molecule has 12 heavy (non-hydrogen) atoms. The van der Waals surface area contributed by atoms with Gasteiger partial charge in [-0.25, -0.2) is 0 Å². The summed E-state index contributed by atoms with van der Waals surface area (Å²) in [6.07, 6.45) is 7.48. The molecule has 0 aromatic rings. The molecule has 1 saturated carbocycles. The van der Waals surface area contributed by atoms with Crippen LogP contribution >= 0.6 is 0 Å². The van der Waals surface area contributed by atoms with Crippen LogP contribution in [-0.4, -0.2) is 11.7 Å². The molecule has 1 rings (SSSR count). The van der Waals surface area contributed by atoms with Crippen molar-refractivity contribution in [2.24, 2.45) is 5.41 Å². The highest BCUT2D eigenvalue weighted by atomic mass is 16.3. The number of hydrogen-bond acceptors (Lipinski definition) is 2. The third-order valence-electron chi connectivity index (χ3n) is 3.02. The predicted octanol–water partition coefficient (Wildman–Crippen LogP) is 2.23. The highest BCUT2D eigenvalue weighted by molar-refractivity contribution is 4.85. The Morgan fingerprint density at radius 1 is 1.25 bits per heavy atom. The normalized spacial score (nSPS) is 21.7. The topological polar surface area (TPSA) is 44.0 Å². The van der Waals surface area contributed by atoms with E-state index in [1.54, 1.807) is 0 Å². The number of hydrogen-bond donors (Lipinski definition) is 1. The lowest BCUT2D eigenvalue weighted by atomic mass is 9.72. The van der Waals surface area contributed by atoms with Crippen molar-refractivity contribution in [3.05, 3.63) is 0 Å². The van der Waals surface area contributed by atoms with Crippen molar-refractivity contribution in [3.63, 3.8) is 0 Å². The number of aliphatic hydroxyl groups is 1. The summed E-state index contributed by atoms with van der Waals surface area (Å²) in [5.74, 6) is 0. The number of nitrogens with zero attached hydrogens (tertiary/aromatic N) is 1. The SMILES string of the molecule is N#CCCC1(CO)CCCCC1. The molecule has 2 nitrogen and oxygen atoms in total. The Bertz CT molecular complexity index is 165. The molecule has 2 heteroatoms. The summed E-state index contributed by atoms with van der Waals surface area (Å²) in [4.78, 5) is 0. The molecule has 1 N–H and O–H groups in total. The quantitative estimate of drug-likeness (QED) is 0.700. The zero-order valence-corrected chi connectivity index (χ0v) is 7.55. The average molecular weight is 167 g/mol. The van der Waals surface area contributed by atoms with Gasteiger partial charge in [-0.1, -0.05) is 19.3 Å². The molecule has 0 bridgehead atoms. The molecule has 68 valence electrons. The summed E-state index contributed by atoms with van der Waals surface area (Å²) in [7, 11) is 0. The van der Waals surface area contributed by atoms with Gasteiger partial charge in [0, 0.05) is 13.0 Å². The Morgan fingerprint density at radius 3 is 2.42 bits per heavy atom. The maximum absolute atomic E-state index is 9.26. The van der Waals surface area contributed by atoms with E-state index in [2.05, 4.69) is 6.07 Å². The number of rotatable bonds is 3. The highest BCUT2D eigenvalue weighted by Crippen LogP contribution is 2.39. The van der Waals surface area contributed by atoms with Crippen LogP contribution < -0.4 is 0 Å². The van der Waals surface area contributed by atoms with Crippen LogP contribution in [0.1, 0.15) is 44.9 Å². The van der Waals surface area contributed by atoms with Crippen molar-refractivity contribution in [3.8, 4) is 6.07 Å². The van der Waals surface area contributed by atoms with Crippen LogP contribution in [0.4, 0.5) is 0 Å². The van der Waals surface area contributed by atoms with E-state index >= 15 is 0 Å².